The summed E-state index contributed by atoms with van der Waals surface area (Å²) >= 11 is 12.0. The lowest BCUT2D eigenvalue weighted by atomic mass is 10.1. The topological polar surface area (TPSA) is 78.9 Å². The van der Waals surface area contributed by atoms with Crippen LogP contribution in [0, 0.1) is 0 Å². The Balaban J connectivity index is 1.75. The molecule has 9 heteroatoms. The molecule has 1 amide bonds. The molecule has 1 heterocycles. The average Bonchev–Trinajstić information content (AvgIpc) is 2.95. The number of rotatable bonds is 7. The highest BCUT2D eigenvalue weighted by molar-refractivity contribution is 8.26. The summed E-state index contributed by atoms with van der Waals surface area (Å²) in [5.74, 6) is -0.792. The van der Waals surface area contributed by atoms with Gasteiger partial charge in [0.05, 0.1) is 24.5 Å². The SMILES string of the molecule is COc1cc(C=C2SC(=S)N(CC(=O)[O-])C2=O)ccc1OCc1ccc(Cl)cc1. The van der Waals surface area contributed by atoms with E-state index in [0.717, 1.165) is 22.2 Å². The van der Waals surface area contributed by atoms with Gasteiger partial charge in [-0.1, -0.05) is 53.8 Å². The predicted molar refractivity (Wildman–Crippen MR) is 114 cm³/mol. The van der Waals surface area contributed by atoms with Crippen molar-refractivity contribution in [1.82, 2.24) is 4.90 Å². The Hall–Kier alpha value is -2.55. The molecule has 2 aromatic rings. The highest BCUT2D eigenvalue weighted by Crippen LogP contribution is 2.34. The van der Waals surface area contributed by atoms with E-state index in [0.29, 0.717) is 33.6 Å². The molecule has 0 aliphatic carbocycles. The summed E-state index contributed by atoms with van der Waals surface area (Å²) < 4.78 is 11.4. The molecule has 29 heavy (non-hydrogen) atoms. The van der Waals surface area contributed by atoms with Gasteiger partial charge < -0.3 is 19.4 Å². The van der Waals surface area contributed by atoms with Crippen LogP contribution >= 0.6 is 35.6 Å². The quantitative estimate of drug-likeness (QED) is 0.476. The van der Waals surface area contributed by atoms with Gasteiger partial charge in [-0.05, 0) is 41.5 Å². The van der Waals surface area contributed by atoms with Crippen LogP contribution < -0.4 is 14.6 Å². The normalized spacial score (nSPS) is 15.1. The Labute approximate surface area is 182 Å². The zero-order valence-electron chi connectivity index (χ0n) is 15.2. The van der Waals surface area contributed by atoms with Crippen molar-refractivity contribution in [3.8, 4) is 11.5 Å². The van der Waals surface area contributed by atoms with Crippen LogP contribution in [0.25, 0.3) is 6.08 Å². The Morgan fingerprint density at radius 3 is 2.62 bits per heavy atom. The second-order valence-corrected chi connectivity index (χ2v) is 8.08. The minimum atomic E-state index is -1.37. The van der Waals surface area contributed by atoms with Gasteiger partial charge in [0, 0.05) is 5.02 Å². The lowest BCUT2D eigenvalue weighted by molar-refractivity contribution is -0.305. The Morgan fingerprint density at radius 1 is 1.24 bits per heavy atom. The third-order valence-corrected chi connectivity index (χ3v) is 5.58. The van der Waals surface area contributed by atoms with E-state index < -0.39 is 18.4 Å². The summed E-state index contributed by atoms with van der Waals surface area (Å²) in [6, 6.07) is 12.6. The van der Waals surface area contributed by atoms with E-state index in [9.17, 15) is 14.7 Å². The molecule has 1 saturated heterocycles. The van der Waals surface area contributed by atoms with Gasteiger partial charge in [-0.3, -0.25) is 9.69 Å². The number of halogens is 1. The fourth-order valence-corrected chi connectivity index (χ4v) is 3.93. The molecule has 150 valence electrons. The zero-order valence-corrected chi connectivity index (χ0v) is 17.6. The summed E-state index contributed by atoms with van der Waals surface area (Å²) in [5.41, 5.74) is 1.65. The van der Waals surface area contributed by atoms with Crippen molar-refractivity contribution >= 4 is 57.9 Å². The van der Waals surface area contributed by atoms with Gasteiger partial charge in [-0.25, -0.2) is 0 Å². The largest absolute Gasteiger partial charge is 0.548 e. The molecule has 6 nitrogen and oxygen atoms in total. The molecule has 0 N–H and O–H groups in total. The van der Waals surface area contributed by atoms with E-state index >= 15 is 0 Å². The summed E-state index contributed by atoms with van der Waals surface area (Å²) in [6.45, 7) is -0.225. The number of benzene rings is 2. The molecule has 1 aliphatic rings. The van der Waals surface area contributed by atoms with E-state index in [4.69, 9.17) is 33.3 Å². The molecule has 0 bridgehead atoms. The number of carbonyl (C=O) groups is 2. The first-order valence-corrected chi connectivity index (χ1v) is 9.98. The Kier molecular flexibility index (Phi) is 6.79. The predicted octanol–water partition coefficient (Wildman–Crippen LogP) is 2.88. The highest BCUT2D eigenvalue weighted by atomic mass is 35.5. The van der Waals surface area contributed by atoms with Crippen LogP contribution in [0.4, 0.5) is 0 Å². The first kappa shape index (κ1) is 21.2. The van der Waals surface area contributed by atoms with Gasteiger partial charge in [0.2, 0.25) is 0 Å². The lowest BCUT2D eigenvalue weighted by Gasteiger charge is -2.14. The summed E-state index contributed by atoms with van der Waals surface area (Å²) in [4.78, 5) is 24.5. The molecule has 3 rings (SSSR count). The van der Waals surface area contributed by atoms with Crippen LogP contribution in [-0.4, -0.2) is 34.8 Å². The molecule has 0 saturated carbocycles. The highest BCUT2D eigenvalue weighted by Gasteiger charge is 2.31. The van der Waals surface area contributed by atoms with E-state index in [1.807, 2.05) is 12.1 Å². The molecule has 2 aromatic carbocycles. The van der Waals surface area contributed by atoms with Crippen molar-refractivity contribution in [3.63, 3.8) is 0 Å². The van der Waals surface area contributed by atoms with Crippen molar-refractivity contribution < 1.29 is 24.2 Å². The van der Waals surface area contributed by atoms with Crippen LogP contribution in [0.15, 0.2) is 47.4 Å². The van der Waals surface area contributed by atoms with Crippen molar-refractivity contribution in [2.75, 3.05) is 13.7 Å². The fourth-order valence-electron chi connectivity index (χ4n) is 2.55. The second kappa shape index (κ2) is 9.30. The lowest BCUT2D eigenvalue weighted by Crippen LogP contribution is -2.40. The van der Waals surface area contributed by atoms with Gasteiger partial charge in [0.25, 0.3) is 5.91 Å². The number of nitrogens with zero attached hydrogens (tertiary/aromatic N) is 1. The van der Waals surface area contributed by atoms with Gasteiger partial charge in [-0.2, -0.15) is 0 Å². The van der Waals surface area contributed by atoms with Crippen molar-refractivity contribution in [2.45, 2.75) is 6.61 Å². The third-order valence-electron chi connectivity index (χ3n) is 3.95. The van der Waals surface area contributed by atoms with Gasteiger partial charge in [-0.15, -0.1) is 0 Å². The van der Waals surface area contributed by atoms with E-state index in [2.05, 4.69) is 0 Å². The van der Waals surface area contributed by atoms with Crippen molar-refractivity contribution in [1.29, 1.82) is 0 Å². The molecule has 1 fully saturated rings. The Morgan fingerprint density at radius 2 is 1.97 bits per heavy atom. The number of carbonyl (C=O) groups excluding carboxylic acids is 2. The zero-order chi connectivity index (χ0) is 21.0. The van der Waals surface area contributed by atoms with E-state index in [1.54, 1.807) is 36.4 Å². The molecule has 1 aliphatic heterocycles. The molecule has 0 spiro atoms. The van der Waals surface area contributed by atoms with Crippen molar-refractivity contribution in [2.24, 2.45) is 0 Å². The number of aliphatic carboxylic acids is 1. The maximum absolute atomic E-state index is 12.4. The number of ether oxygens (including phenoxy) is 2. The number of methoxy groups -OCH3 is 1. The molecule has 0 unspecified atom stereocenters. The number of thiocarbonyl (C=S) groups is 1. The van der Waals surface area contributed by atoms with Crippen LogP contribution in [0.5, 0.6) is 11.5 Å². The third kappa shape index (κ3) is 5.29. The summed E-state index contributed by atoms with van der Waals surface area (Å²) in [6.07, 6.45) is 1.63. The van der Waals surface area contributed by atoms with Gasteiger partial charge in [0.15, 0.2) is 11.5 Å². The number of thioether (sulfide) groups is 1. The average molecular weight is 449 g/mol. The number of hydrogen-bond acceptors (Lipinski definition) is 7. The maximum Gasteiger partial charge on any atom is 0.266 e. The van der Waals surface area contributed by atoms with Crippen LogP contribution in [0.1, 0.15) is 11.1 Å². The molecule has 0 radical (unpaired) electrons. The number of carboxylic acids is 1. The number of hydrogen-bond donors (Lipinski definition) is 0. The van der Waals surface area contributed by atoms with Crippen LogP contribution in [-0.2, 0) is 16.2 Å². The smallest absolute Gasteiger partial charge is 0.266 e. The monoisotopic (exact) mass is 448 g/mol. The van der Waals surface area contributed by atoms with E-state index in [1.165, 1.54) is 7.11 Å². The van der Waals surface area contributed by atoms with Gasteiger partial charge >= 0.3 is 0 Å². The van der Waals surface area contributed by atoms with E-state index in [-0.39, 0.29) is 4.32 Å². The summed E-state index contributed by atoms with van der Waals surface area (Å²) in [5, 5.41) is 11.4. The molecular weight excluding hydrogens is 434 g/mol. The minimum absolute atomic E-state index is 0.181. The molecular formula is C20H15ClNO5S2-. The van der Waals surface area contributed by atoms with Crippen LogP contribution in [0.3, 0.4) is 0 Å². The van der Waals surface area contributed by atoms with Crippen molar-refractivity contribution in [3.05, 3.63) is 63.5 Å². The Bertz CT molecular complexity index is 991. The minimum Gasteiger partial charge on any atom is -0.548 e. The number of amides is 1. The molecule has 0 aromatic heterocycles. The first-order chi connectivity index (χ1) is 13.9. The summed E-state index contributed by atoms with van der Waals surface area (Å²) in [7, 11) is 1.52. The van der Waals surface area contributed by atoms with Crippen LogP contribution in [0.2, 0.25) is 5.02 Å². The fraction of sp³-hybridized carbons (Fsp3) is 0.150. The number of carboxylic acid groups (broad SMARTS) is 1. The second-order valence-electron chi connectivity index (χ2n) is 5.97. The standard InChI is InChI=1S/C20H16ClNO5S2/c1-26-16-8-13(9-17-19(25)22(10-18(23)24)20(28)29-17)4-7-15(16)27-11-12-2-5-14(21)6-3-12/h2-9H,10-11H2,1H3,(H,23,24)/p-1. The first-order valence-electron chi connectivity index (χ1n) is 8.38. The van der Waals surface area contributed by atoms with Gasteiger partial charge in [0.1, 0.15) is 10.9 Å². The maximum atomic E-state index is 12.4. The molecule has 0 atom stereocenters.